The van der Waals surface area contributed by atoms with E-state index in [1.54, 1.807) is 0 Å². The van der Waals surface area contributed by atoms with Gasteiger partial charge in [0.1, 0.15) is 0 Å². The van der Waals surface area contributed by atoms with Gasteiger partial charge in [0.05, 0.1) is 12.0 Å². The average Bonchev–Trinajstić information content (AvgIpc) is 2.63. The normalized spacial score (nSPS) is 32.6. The van der Waals surface area contributed by atoms with E-state index >= 15 is 0 Å². The minimum Gasteiger partial charge on any atom is -0.376 e. The fourth-order valence-electron chi connectivity index (χ4n) is 3.27. The van der Waals surface area contributed by atoms with Crippen molar-refractivity contribution in [3.05, 3.63) is 0 Å². The molecule has 1 heterocycles. The molecule has 2 aliphatic rings. The molecule has 1 saturated carbocycles. The Morgan fingerprint density at radius 1 is 1.16 bits per heavy atom. The van der Waals surface area contributed by atoms with Crippen molar-refractivity contribution in [3.8, 4) is 0 Å². The van der Waals surface area contributed by atoms with Crippen LogP contribution < -0.4 is 5.73 Å². The molecule has 2 fully saturated rings. The van der Waals surface area contributed by atoms with E-state index < -0.39 is 0 Å². The standard InChI is InChI=1S/C15H28N2O2/c1-17(11-12-7-5-6-10-19-12)15(18)13-8-3-2-4-9-14(13)16/h12-14H,2-11,16H2,1H3. The maximum Gasteiger partial charge on any atom is 0.227 e. The molecule has 4 heteroatoms. The van der Waals surface area contributed by atoms with E-state index in [0.717, 1.165) is 45.3 Å². The van der Waals surface area contributed by atoms with E-state index in [9.17, 15) is 4.79 Å². The van der Waals surface area contributed by atoms with Crippen molar-refractivity contribution in [3.63, 3.8) is 0 Å². The third kappa shape index (κ3) is 4.18. The van der Waals surface area contributed by atoms with Crippen molar-refractivity contribution in [1.29, 1.82) is 0 Å². The molecule has 1 aliphatic carbocycles. The predicted octanol–water partition coefficient (Wildman–Crippen LogP) is 1.92. The second-order valence-corrected chi connectivity index (χ2v) is 6.12. The second kappa shape index (κ2) is 7.25. The minimum absolute atomic E-state index is 0.0242. The van der Waals surface area contributed by atoms with Crippen molar-refractivity contribution in [2.45, 2.75) is 63.5 Å². The lowest BCUT2D eigenvalue weighted by atomic mass is 9.94. The van der Waals surface area contributed by atoms with Gasteiger partial charge in [-0.05, 0) is 32.1 Å². The fraction of sp³-hybridized carbons (Fsp3) is 0.933. The van der Waals surface area contributed by atoms with Crippen LogP contribution in [0, 0.1) is 5.92 Å². The lowest BCUT2D eigenvalue weighted by Crippen LogP contribution is -2.45. The van der Waals surface area contributed by atoms with E-state index in [1.165, 1.54) is 19.3 Å². The summed E-state index contributed by atoms with van der Waals surface area (Å²) in [6, 6.07) is 0.0460. The van der Waals surface area contributed by atoms with Gasteiger partial charge >= 0.3 is 0 Å². The number of carbonyl (C=O) groups excluding carboxylic acids is 1. The molecule has 4 nitrogen and oxygen atoms in total. The number of likely N-dealkylation sites (N-methyl/N-ethyl adjacent to an activating group) is 1. The van der Waals surface area contributed by atoms with Crippen LogP contribution in [0.1, 0.15) is 51.4 Å². The first-order valence-electron chi connectivity index (χ1n) is 7.80. The topological polar surface area (TPSA) is 55.6 Å². The molecule has 3 unspecified atom stereocenters. The summed E-state index contributed by atoms with van der Waals surface area (Å²) in [6.07, 6.45) is 9.14. The summed E-state index contributed by atoms with van der Waals surface area (Å²) in [4.78, 5) is 14.4. The average molecular weight is 268 g/mol. The molecule has 0 aromatic rings. The highest BCUT2D eigenvalue weighted by atomic mass is 16.5. The van der Waals surface area contributed by atoms with E-state index in [0.29, 0.717) is 0 Å². The van der Waals surface area contributed by atoms with Crippen molar-refractivity contribution >= 4 is 5.91 Å². The number of nitrogens with zero attached hydrogens (tertiary/aromatic N) is 1. The Kier molecular flexibility index (Phi) is 5.64. The molecular weight excluding hydrogens is 240 g/mol. The number of ether oxygens (including phenoxy) is 1. The highest BCUT2D eigenvalue weighted by Gasteiger charge is 2.30. The molecule has 2 N–H and O–H groups in total. The number of hydrogen-bond acceptors (Lipinski definition) is 3. The van der Waals surface area contributed by atoms with E-state index in [4.69, 9.17) is 10.5 Å². The summed E-state index contributed by atoms with van der Waals surface area (Å²) < 4.78 is 5.71. The molecule has 1 saturated heterocycles. The van der Waals surface area contributed by atoms with Gasteiger partial charge < -0.3 is 15.4 Å². The third-order valence-electron chi connectivity index (χ3n) is 4.51. The molecule has 0 bridgehead atoms. The Balaban J connectivity index is 1.85. The lowest BCUT2D eigenvalue weighted by Gasteiger charge is -2.31. The van der Waals surface area contributed by atoms with Crippen molar-refractivity contribution in [2.75, 3.05) is 20.2 Å². The maximum atomic E-state index is 12.5. The van der Waals surface area contributed by atoms with E-state index in [2.05, 4.69) is 0 Å². The molecule has 1 amide bonds. The van der Waals surface area contributed by atoms with Gasteiger partial charge in [-0.25, -0.2) is 0 Å². The van der Waals surface area contributed by atoms with Crippen LogP contribution in [0.2, 0.25) is 0 Å². The van der Waals surface area contributed by atoms with Gasteiger partial charge in [-0.2, -0.15) is 0 Å². The SMILES string of the molecule is CN(CC1CCCCO1)C(=O)C1CCCCCC1N. The molecule has 0 radical (unpaired) electrons. The number of rotatable bonds is 3. The highest BCUT2D eigenvalue weighted by Crippen LogP contribution is 2.24. The first-order chi connectivity index (χ1) is 9.18. The van der Waals surface area contributed by atoms with Gasteiger partial charge in [0, 0.05) is 26.2 Å². The third-order valence-corrected chi connectivity index (χ3v) is 4.51. The molecular formula is C15H28N2O2. The first-order valence-corrected chi connectivity index (χ1v) is 7.80. The molecule has 1 aliphatic heterocycles. The molecule has 0 aromatic carbocycles. The quantitative estimate of drug-likeness (QED) is 0.796. The van der Waals surface area contributed by atoms with Crippen LogP contribution in [-0.2, 0) is 9.53 Å². The molecule has 110 valence electrons. The lowest BCUT2D eigenvalue weighted by molar-refractivity contribution is -0.137. The van der Waals surface area contributed by atoms with Gasteiger partial charge in [-0.3, -0.25) is 4.79 Å². The molecule has 0 spiro atoms. The summed E-state index contributed by atoms with van der Waals surface area (Å²) in [5, 5.41) is 0. The Bertz CT molecular complexity index is 290. The van der Waals surface area contributed by atoms with Gasteiger partial charge in [-0.15, -0.1) is 0 Å². The molecule has 19 heavy (non-hydrogen) atoms. The van der Waals surface area contributed by atoms with Gasteiger partial charge in [0.2, 0.25) is 5.91 Å². The summed E-state index contributed by atoms with van der Waals surface area (Å²) >= 11 is 0. The van der Waals surface area contributed by atoms with Crippen LogP contribution in [-0.4, -0.2) is 43.2 Å². The predicted molar refractivity (Wildman–Crippen MR) is 75.8 cm³/mol. The fourth-order valence-corrected chi connectivity index (χ4v) is 3.27. The van der Waals surface area contributed by atoms with Crippen molar-refractivity contribution in [1.82, 2.24) is 4.90 Å². The molecule has 2 rings (SSSR count). The van der Waals surface area contributed by atoms with Crippen LogP contribution in [0.15, 0.2) is 0 Å². The van der Waals surface area contributed by atoms with Crippen molar-refractivity contribution < 1.29 is 9.53 Å². The first kappa shape index (κ1) is 14.8. The van der Waals surface area contributed by atoms with Crippen LogP contribution in [0.3, 0.4) is 0 Å². The van der Waals surface area contributed by atoms with E-state index in [1.807, 2.05) is 11.9 Å². The Hall–Kier alpha value is -0.610. The summed E-state index contributed by atoms with van der Waals surface area (Å²) in [5.74, 6) is 0.250. The largest absolute Gasteiger partial charge is 0.376 e. The smallest absolute Gasteiger partial charge is 0.227 e. The molecule has 0 aromatic heterocycles. The van der Waals surface area contributed by atoms with Gasteiger partial charge in [0.25, 0.3) is 0 Å². The van der Waals surface area contributed by atoms with Crippen LogP contribution in [0.25, 0.3) is 0 Å². The Labute approximate surface area is 116 Å². The number of amides is 1. The minimum atomic E-state index is 0.0242. The molecule has 3 atom stereocenters. The van der Waals surface area contributed by atoms with Crippen molar-refractivity contribution in [2.24, 2.45) is 11.7 Å². The monoisotopic (exact) mass is 268 g/mol. The van der Waals surface area contributed by atoms with E-state index in [-0.39, 0.29) is 24.0 Å². The van der Waals surface area contributed by atoms with Crippen LogP contribution in [0.4, 0.5) is 0 Å². The zero-order valence-electron chi connectivity index (χ0n) is 12.1. The second-order valence-electron chi connectivity index (χ2n) is 6.12. The zero-order valence-corrected chi connectivity index (χ0v) is 12.1. The Morgan fingerprint density at radius 3 is 2.63 bits per heavy atom. The summed E-state index contributed by atoms with van der Waals surface area (Å²) in [5.41, 5.74) is 6.17. The van der Waals surface area contributed by atoms with Crippen LogP contribution >= 0.6 is 0 Å². The summed E-state index contributed by atoms with van der Waals surface area (Å²) in [7, 11) is 1.90. The van der Waals surface area contributed by atoms with Gasteiger partial charge in [0.15, 0.2) is 0 Å². The zero-order chi connectivity index (χ0) is 13.7. The number of carbonyl (C=O) groups is 1. The number of nitrogens with two attached hydrogens (primary N) is 1. The number of hydrogen-bond donors (Lipinski definition) is 1. The van der Waals surface area contributed by atoms with Crippen LogP contribution in [0.5, 0.6) is 0 Å². The Morgan fingerprint density at radius 2 is 1.89 bits per heavy atom. The maximum absolute atomic E-state index is 12.5. The summed E-state index contributed by atoms with van der Waals surface area (Å²) in [6.45, 7) is 1.57. The van der Waals surface area contributed by atoms with Gasteiger partial charge in [-0.1, -0.05) is 19.3 Å². The highest BCUT2D eigenvalue weighted by molar-refractivity contribution is 5.79.